The molecule has 0 aromatic carbocycles. The van der Waals surface area contributed by atoms with Gasteiger partial charge in [0.05, 0.1) is 0 Å². The number of hydrogen-bond donors (Lipinski definition) is 1. The van der Waals surface area contributed by atoms with Gasteiger partial charge in [0.25, 0.3) is 0 Å². The van der Waals surface area contributed by atoms with Gasteiger partial charge in [-0.25, -0.2) is 9.78 Å². The first-order valence-corrected chi connectivity index (χ1v) is 5.71. The molecule has 2 aromatic rings. The van der Waals surface area contributed by atoms with Gasteiger partial charge in [-0.2, -0.15) is 13.2 Å². The fourth-order valence-electron chi connectivity index (χ4n) is 1.62. The maximum Gasteiger partial charge on any atom is 0.429 e. The molecule has 0 saturated heterocycles. The Labute approximate surface area is 117 Å². The number of nitrogens with zero attached hydrogens (tertiary/aromatic N) is 2. The first-order chi connectivity index (χ1) is 9.89. The highest BCUT2D eigenvalue weighted by atomic mass is 19.4. The quantitative estimate of drug-likeness (QED) is 0.939. The summed E-state index contributed by atoms with van der Waals surface area (Å²) in [7, 11) is 0. The normalized spacial score (nSPS) is 12.7. The van der Waals surface area contributed by atoms with Gasteiger partial charge in [0.2, 0.25) is 12.0 Å². The Morgan fingerprint density at radius 2 is 1.86 bits per heavy atom. The van der Waals surface area contributed by atoms with Gasteiger partial charge in [-0.1, -0.05) is 0 Å². The summed E-state index contributed by atoms with van der Waals surface area (Å²) >= 11 is 0. The van der Waals surface area contributed by atoms with Crippen molar-refractivity contribution >= 4 is 5.97 Å². The second-order valence-corrected chi connectivity index (χ2v) is 3.98. The van der Waals surface area contributed by atoms with Crippen LogP contribution >= 0.6 is 0 Å². The monoisotopic (exact) mass is 298 g/mol. The number of carboxylic acids is 1. The van der Waals surface area contributed by atoms with Crippen LogP contribution in [0, 0.1) is 0 Å². The van der Waals surface area contributed by atoms with Crippen LogP contribution in [0.15, 0.2) is 42.9 Å². The van der Waals surface area contributed by atoms with Crippen molar-refractivity contribution in [2.24, 2.45) is 0 Å². The van der Waals surface area contributed by atoms with Gasteiger partial charge in [-0.05, 0) is 24.3 Å². The summed E-state index contributed by atoms with van der Waals surface area (Å²) in [4.78, 5) is 18.2. The Bertz CT molecular complexity index is 632. The van der Waals surface area contributed by atoms with Gasteiger partial charge in [-0.15, -0.1) is 0 Å². The molecule has 1 unspecified atom stereocenters. The molecule has 0 saturated carbocycles. The van der Waals surface area contributed by atoms with Crippen molar-refractivity contribution in [1.82, 2.24) is 9.97 Å². The van der Waals surface area contributed by atoms with Crippen LogP contribution in [0.4, 0.5) is 13.2 Å². The third-order valence-electron chi connectivity index (χ3n) is 2.54. The van der Waals surface area contributed by atoms with E-state index in [1.54, 1.807) is 0 Å². The van der Waals surface area contributed by atoms with Crippen LogP contribution in [0.3, 0.4) is 0 Å². The molecule has 110 valence electrons. The van der Waals surface area contributed by atoms with E-state index in [0.29, 0.717) is 0 Å². The van der Waals surface area contributed by atoms with Crippen molar-refractivity contribution in [3.63, 3.8) is 0 Å². The molecule has 2 aromatic heterocycles. The lowest BCUT2D eigenvalue weighted by Crippen LogP contribution is -2.27. The number of aromatic carboxylic acids is 1. The Kier molecular flexibility index (Phi) is 4.06. The maximum absolute atomic E-state index is 13.1. The van der Waals surface area contributed by atoms with E-state index in [0.717, 1.165) is 24.4 Å². The van der Waals surface area contributed by atoms with E-state index in [4.69, 9.17) is 9.84 Å². The van der Waals surface area contributed by atoms with E-state index < -0.39 is 29.7 Å². The molecule has 5 nitrogen and oxygen atoms in total. The molecule has 0 aliphatic heterocycles. The van der Waals surface area contributed by atoms with Crippen LogP contribution in [-0.2, 0) is 0 Å². The van der Waals surface area contributed by atoms with Gasteiger partial charge in [0.1, 0.15) is 5.56 Å². The van der Waals surface area contributed by atoms with Crippen molar-refractivity contribution in [2.75, 3.05) is 0 Å². The Hall–Kier alpha value is -2.64. The Morgan fingerprint density at radius 1 is 1.19 bits per heavy atom. The van der Waals surface area contributed by atoms with Crippen molar-refractivity contribution in [1.29, 1.82) is 0 Å². The zero-order valence-electron chi connectivity index (χ0n) is 10.4. The van der Waals surface area contributed by atoms with Crippen molar-refractivity contribution in [3.05, 3.63) is 54.0 Å². The highest BCUT2D eigenvalue weighted by molar-refractivity contribution is 5.90. The van der Waals surface area contributed by atoms with Gasteiger partial charge in [-0.3, -0.25) is 4.98 Å². The summed E-state index contributed by atoms with van der Waals surface area (Å²) in [5.74, 6) is -2.02. The number of rotatable bonds is 4. The van der Waals surface area contributed by atoms with Gasteiger partial charge in [0.15, 0.2) is 0 Å². The van der Waals surface area contributed by atoms with Crippen molar-refractivity contribution in [3.8, 4) is 5.88 Å². The number of halogens is 3. The molecular weight excluding hydrogens is 289 g/mol. The fraction of sp³-hybridized carbons (Fsp3) is 0.154. The fourth-order valence-corrected chi connectivity index (χ4v) is 1.62. The average Bonchev–Trinajstić information content (AvgIpc) is 2.44. The third-order valence-corrected chi connectivity index (χ3v) is 2.54. The van der Waals surface area contributed by atoms with Crippen LogP contribution in [0.2, 0.25) is 0 Å². The maximum atomic E-state index is 13.1. The van der Waals surface area contributed by atoms with Crippen LogP contribution in [0.25, 0.3) is 0 Å². The number of carbonyl (C=O) groups is 1. The van der Waals surface area contributed by atoms with E-state index in [1.807, 2.05) is 0 Å². The van der Waals surface area contributed by atoms with E-state index >= 15 is 0 Å². The highest BCUT2D eigenvalue weighted by Gasteiger charge is 2.43. The van der Waals surface area contributed by atoms with Crippen LogP contribution in [0.1, 0.15) is 22.0 Å². The van der Waals surface area contributed by atoms with Gasteiger partial charge in [0, 0.05) is 24.2 Å². The molecule has 0 bridgehead atoms. The van der Waals surface area contributed by atoms with Crippen LogP contribution in [-0.4, -0.2) is 27.2 Å². The summed E-state index contributed by atoms with van der Waals surface area (Å²) in [6.45, 7) is 0. The van der Waals surface area contributed by atoms with E-state index in [-0.39, 0.29) is 5.56 Å². The average molecular weight is 298 g/mol. The minimum atomic E-state index is -4.73. The zero-order chi connectivity index (χ0) is 15.5. The largest absolute Gasteiger partial charge is 0.477 e. The number of aromatic nitrogens is 2. The second kappa shape index (κ2) is 5.78. The molecule has 21 heavy (non-hydrogen) atoms. The third kappa shape index (κ3) is 3.47. The standard InChI is InChI=1S/C13H9F3N2O3/c14-13(15,16)10(8-3-6-17-7-4-8)21-11-9(12(19)20)2-1-5-18-11/h1-7,10H,(H,19,20). The molecule has 1 N–H and O–H groups in total. The number of alkyl halides is 3. The summed E-state index contributed by atoms with van der Waals surface area (Å²) in [6, 6.07) is 4.69. The minimum Gasteiger partial charge on any atom is -0.477 e. The predicted octanol–water partition coefficient (Wildman–Crippen LogP) is 2.86. The second-order valence-electron chi connectivity index (χ2n) is 3.98. The lowest BCUT2D eigenvalue weighted by atomic mass is 10.1. The SMILES string of the molecule is O=C(O)c1cccnc1OC(c1ccncc1)C(F)(F)F. The Morgan fingerprint density at radius 3 is 2.43 bits per heavy atom. The molecule has 0 radical (unpaired) electrons. The molecule has 0 spiro atoms. The summed E-state index contributed by atoms with van der Waals surface area (Å²) in [5.41, 5.74) is -0.639. The minimum absolute atomic E-state index is 0.195. The lowest BCUT2D eigenvalue weighted by molar-refractivity contribution is -0.198. The topological polar surface area (TPSA) is 72.3 Å². The van der Waals surface area contributed by atoms with Crippen molar-refractivity contribution < 1.29 is 27.8 Å². The predicted molar refractivity (Wildman–Crippen MR) is 64.9 cm³/mol. The molecular formula is C13H9F3N2O3. The molecule has 2 heterocycles. The molecule has 2 rings (SSSR count). The smallest absolute Gasteiger partial charge is 0.429 e. The highest BCUT2D eigenvalue weighted by Crippen LogP contribution is 2.36. The van der Waals surface area contributed by atoms with Gasteiger partial charge < -0.3 is 9.84 Å². The van der Waals surface area contributed by atoms with E-state index in [9.17, 15) is 18.0 Å². The summed E-state index contributed by atoms with van der Waals surface area (Å²) < 4.78 is 44.1. The summed E-state index contributed by atoms with van der Waals surface area (Å²) in [6.07, 6.45) is -3.52. The van der Waals surface area contributed by atoms with E-state index in [1.165, 1.54) is 18.5 Å². The molecule has 0 aliphatic rings. The molecule has 0 aliphatic carbocycles. The van der Waals surface area contributed by atoms with Crippen LogP contribution < -0.4 is 4.74 Å². The first kappa shape index (κ1) is 14.8. The number of hydrogen-bond acceptors (Lipinski definition) is 4. The Balaban J connectivity index is 2.40. The molecule has 1 atom stereocenters. The molecule has 0 fully saturated rings. The number of ether oxygens (including phenoxy) is 1. The zero-order valence-corrected chi connectivity index (χ0v) is 10.4. The number of pyridine rings is 2. The van der Waals surface area contributed by atoms with Crippen molar-refractivity contribution in [2.45, 2.75) is 12.3 Å². The van der Waals surface area contributed by atoms with Crippen LogP contribution in [0.5, 0.6) is 5.88 Å². The van der Waals surface area contributed by atoms with E-state index in [2.05, 4.69) is 9.97 Å². The number of carboxylic acid groups (broad SMARTS) is 1. The molecule has 8 heteroatoms. The molecule has 0 amide bonds. The summed E-state index contributed by atoms with van der Waals surface area (Å²) in [5, 5.41) is 8.94. The first-order valence-electron chi connectivity index (χ1n) is 5.71. The van der Waals surface area contributed by atoms with Gasteiger partial charge >= 0.3 is 12.1 Å². The lowest BCUT2D eigenvalue weighted by Gasteiger charge is -2.22.